The van der Waals surface area contributed by atoms with Gasteiger partial charge in [-0.3, -0.25) is 0 Å². The smallest absolute Gasteiger partial charge is 0.282 e. The second-order valence-electron chi connectivity index (χ2n) is 6.46. The highest BCUT2D eigenvalue weighted by atomic mass is 35.5. The molecule has 2 N–H and O–H groups in total. The van der Waals surface area contributed by atoms with Gasteiger partial charge in [-0.05, 0) is 25.3 Å². The van der Waals surface area contributed by atoms with Crippen molar-refractivity contribution in [3.05, 3.63) is 35.9 Å². The topological polar surface area (TPSA) is 66.6 Å². The van der Waals surface area contributed by atoms with Crippen LogP contribution in [0.2, 0.25) is 0 Å². The van der Waals surface area contributed by atoms with E-state index in [1.807, 2.05) is 37.3 Å². The van der Waals surface area contributed by atoms with Crippen LogP contribution >= 0.6 is 12.4 Å². The molecule has 2 saturated heterocycles. The summed E-state index contributed by atoms with van der Waals surface area (Å²) in [6, 6.07) is 9.93. The van der Waals surface area contributed by atoms with Gasteiger partial charge in [0.15, 0.2) is 0 Å². The van der Waals surface area contributed by atoms with Crippen LogP contribution in [-0.4, -0.2) is 48.7 Å². The molecule has 1 aromatic rings. The molecule has 0 aliphatic carbocycles. The Morgan fingerprint density at radius 1 is 1.13 bits per heavy atom. The summed E-state index contributed by atoms with van der Waals surface area (Å²) in [7, 11) is -3.40. The van der Waals surface area contributed by atoms with E-state index in [2.05, 4.69) is 0 Å². The lowest BCUT2D eigenvalue weighted by Gasteiger charge is -2.35. The van der Waals surface area contributed by atoms with E-state index in [4.69, 9.17) is 5.73 Å². The van der Waals surface area contributed by atoms with Gasteiger partial charge in [-0.1, -0.05) is 36.8 Å². The van der Waals surface area contributed by atoms with E-state index in [0.717, 1.165) is 24.8 Å². The normalized spacial score (nSPS) is 30.1. The molecule has 3 rings (SSSR count). The molecule has 0 bridgehead atoms. The van der Waals surface area contributed by atoms with Gasteiger partial charge in [0.2, 0.25) is 0 Å². The molecule has 0 amide bonds. The summed E-state index contributed by atoms with van der Waals surface area (Å²) in [5.41, 5.74) is 7.36. The number of hydrogen-bond acceptors (Lipinski definition) is 3. The monoisotopic (exact) mass is 359 g/mol. The van der Waals surface area contributed by atoms with E-state index >= 15 is 0 Å². The van der Waals surface area contributed by atoms with Gasteiger partial charge < -0.3 is 5.73 Å². The first kappa shape index (κ1) is 18.7. The number of nitrogens with zero attached hydrogens (tertiary/aromatic N) is 2. The van der Waals surface area contributed by atoms with Gasteiger partial charge in [0.25, 0.3) is 10.2 Å². The Balaban J connectivity index is 0.00000192. The molecule has 2 fully saturated rings. The molecule has 130 valence electrons. The zero-order valence-corrected chi connectivity index (χ0v) is 15.1. The average molecular weight is 360 g/mol. The van der Waals surface area contributed by atoms with E-state index in [1.54, 1.807) is 8.61 Å². The molecule has 0 spiro atoms. The standard InChI is InChI=1S/C16H25N3O2S.ClH/c1-13-7-5-6-10-19(13)22(20,21)18-11-15(16(17)12-18)14-8-3-2-4-9-14;/h2-4,8-9,13,15-16H,5-7,10-12,17H2,1H3;1H/t13?,15-,16+;/m0./s1. The van der Waals surface area contributed by atoms with Crippen LogP contribution in [0.4, 0.5) is 0 Å². The molecular weight excluding hydrogens is 334 g/mol. The molecule has 0 saturated carbocycles. The van der Waals surface area contributed by atoms with Gasteiger partial charge in [0.05, 0.1) is 0 Å². The summed E-state index contributed by atoms with van der Waals surface area (Å²) in [6.07, 6.45) is 3.01. The number of halogens is 1. The van der Waals surface area contributed by atoms with Crippen molar-refractivity contribution in [2.45, 2.75) is 44.2 Å². The van der Waals surface area contributed by atoms with Gasteiger partial charge >= 0.3 is 0 Å². The van der Waals surface area contributed by atoms with Crippen molar-refractivity contribution in [1.82, 2.24) is 8.61 Å². The molecule has 0 aromatic heterocycles. The highest BCUT2D eigenvalue weighted by molar-refractivity contribution is 7.86. The molecule has 2 aliphatic rings. The minimum Gasteiger partial charge on any atom is -0.326 e. The van der Waals surface area contributed by atoms with Gasteiger partial charge in [-0.15, -0.1) is 12.4 Å². The van der Waals surface area contributed by atoms with Crippen LogP contribution in [0.1, 0.15) is 37.7 Å². The lowest BCUT2D eigenvalue weighted by Crippen LogP contribution is -2.49. The maximum Gasteiger partial charge on any atom is 0.282 e. The fourth-order valence-corrected chi connectivity index (χ4v) is 5.52. The van der Waals surface area contributed by atoms with Crippen molar-refractivity contribution in [3.63, 3.8) is 0 Å². The predicted molar refractivity (Wildman–Crippen MR) is 94.9 cm³/mol. The number of piperidine rings is 1. The van der Waals surface area contributed by atoms with Crippen molar-refractivity contribution < 1.29 is 8.42 Å². The fourth-order valence-electron chi connectivity index (χ4n) is 3.60. The molecule has 23 heavy (non-hydrogen) atoms. The summed E-state index contributed by atoms with van der Waals surface area (Å²) in [5.74, 6) is 0.0797. The van der Waals surface area contributed by atoms with Crippen LogP contribution in [0.25, 0.3) is 0 Å². The summed E-state index contributed by atoms with van der Waals surface area (Å²) in [5, 5.41) is 0. The number of nitrogens with two attached hydrogens (primary N) is 1. The van der Waals surface area contributed by atoms with Crippen LogP contribution in [-0.2, 0) is 10.2 Å². The molecule has 5 nitrogen and oxygen atoms in total. The minimum atomic E-state index is -3.40. The third-order valence-corrected chi connectivity index (χ3v) is 7.01. The average Bonchev–Trinajstić information content (AvgIpc) is 2.91. The summed E-state index contributed by atoms with van der Waals surface area (Å²) in [6.45, 7) is 3.52. The highest BCUT2D eigenvalue weighted by Gasteiger charge is 2.41. The molecule has 7 heteroatoms. The quantitative estimate of drug-likeness (QED) is 0.897. The van der Waals surface area contributed by atoms with Gasteiger partial charge in [0.1, 0.15) is 0 Å². The van der Waals surface area contributed by atoms with E-state index in [1.165, 1.54) is 0 Å². The van der Waals surface area contributed by atoms with E-state index < -0.39 is 10.2 Å². The second kappa shape index (κ2) is 7.49. The molecule has 0 radical (unpaired) electrons. The Hall–Kier alpha value is -0.660. The van der Waals surface area contributed by atoms with Crippen molar-refractivity contribution >= 4 is 22.6 Å². The Bertz CT molecular complexity index is 611. The molecular formula is C16H26ClN3O2S. The first-order chi connectivity index (χ1) is 10.5. The van der Waals surface area contributed by atoms with Crippen LogP contribution in [0.5, 0.6) is 0 Å². The highest BCUT2D eigenvalue weighted by Crippen LogP contribution is 2.31. The lowest BCUT2D eigenvalue weighted by atomic mass is 9.95. The maximum atomic E-state index is 12.9. The Morgan fingerprint density at radius 2 is 1.83 bits per heavy atom. The number of rotatable bonds is 3. The van der Waals surface area contributed by atoms with Crippen molar-refractivity contribution in [3.8, 4) is 0 Å². The third-order valence-electron chi connectivity index (χ3n) is 4.92. The Morgan fingerprint density at radius 3 is 2.48 bits per heavy atom. The van der Waals surface area contributed by atoms with Crippen LogP contribution < -0.4 is 5.73 Å². The minimum absolute atomic E-state index is 0. The summed E-state index contributed by atoms with van der Waals surface area (Å²) < 4.78 is 29.1. The first-order valence-corrected chi connectivity index (χ1v) is 9.47. The van der Waals surface area contributed by atoms with Crippen LogP contribution in [0.15, 0.2) is 30.3 Å². The second-order valence-corrected chi connectivity index (χ2v) is 8.34. The van der Waals surface area contributed by atoms with Crippen LogP contribution in [0, 0.1) is 0 Å². The van der Waals surface area contributed by atoms with Crippen molar-refractivity contribution in [2.75, 3.05) is 19.6 Å². The number of hydrogen-bond donors (Lipinski definition) is 1. The fraction of sp³-hybridized carbons (Fsp3) is 0.625. The Labute approximate surface area is 145 Å². The van der Waals surface area contributed by atoms with Gasteiger partial charge in [-0.25, -0.2) is 0 Å². The number of benzene rings is 1. The van der Waals surface area contributed by atoms with E-state index in [0.29, 0.717) is 19.6 Å². The SMILES string of the molecule is CC1CCCCN1S(=O)(=O)N1C[C@@H](N)[C@H](c2ccccc2)C1.Cl. The lowest BCUT2D eigenvalue weighted by molar-refractivity contribution is 0.250. The molecule has 1 unspecified atom stereocenters. The zero-order chi connectivity index (χ0) is 15.7. The van der Waals surface area contributed by atoms with Gasteiger partial charge in [-0.2, -0.15) is 17.0 Å². The zero-order valence-electron chi connectivity index (χ0n) is 13.5. The van der Waals surface area contributed by atoms with Crippen molar-refractivity contribution in [2.24, 2.45) is 5.73 Å². The first-order valence-electron chi connectivity index (χ1n) is 8.07. The molecule has 1 aromatic carbocycles. The largest absolute Gasteiger partial charge is 0.326 e. The maximum absolute atomic E-state index is 12.9. The summed E-state index contributed by atoms with van der Waals surface area (Å²) in [4.78, 5) is 0. The summed E-state index contributed by atoms with van der Waals surface area (Å²) >= 11 is 0. The molecule has 2 aliphatic heterocycles. The van der Waals surface area contributed by atoms with Gasteiger partial charge in [0, 0.05) is 37.6 Å². The van der Waals surface area contributed by atoms with Crippen molar-refractivity contribution in [1.29, 1.82) is 0 Å². The predicted octanol–water partition coefficient (Wildman–Crippen LogP) is 1.95. The molecule has 2 heterocycles. The molecule has 3 atom stereocenters. The van der Waals surface area contributed by atoms with E-state index in [9.17, 15) is 8.42 Å². The third kappa shape index (κ3) is 3.72. The van der Waals surface area contributed by atoms with E-state index in [-0.39, 0.29) is 30.4 Å². The van der Waals surface area contributed by atoms with Crippen LogP contribution in [0.3, 0.4) is 0 Å². The Kier molecular flexibility index (Phi) is 6.08.